The lowest BCUT2D eigenvalue weighted by molar-refractivity contribution is 0.166. The van der Waals surface area contributed by atoms with Gasteiger partial charge in [0, 0.05) is 16.6 Å². The van der Waals surface area contributed by atoms with Gasteiger partial charge in [-0.1, -0.05) is 98.9 Å². The summed E-state index contributed by atoms with van der Waals surface area (Å²) in [6.07, 6.45) is 6.23. The largest absolute Gasteiger partial charge is 0.393 e. The van der Waals surface area contributed by atoms with E-state index in [1.165, 1.54) is 33.3 Å². The van der Waals surface area contributed by atoms with Crippen LogP contribution in [-0.2, 0) is 25.7 Å². The zero-order valence-electron chi connectivity index (χ0n) is 19.4. The summed E-state index contributed by atoms with van der Waals surface area (Å²) >= 11 is 0. The fraction of sp³-hybridized carbons (Fsp3) is 0.517. The molecule has 2 heteroatoms. The molecule has 31 heavy (non-hydrogen) atoms. The first-order valence-corrected chi connectivity index (χ1v) is 11.4. The van der Waals surface area contributed by atoms with Crippen LogP contribution in [-0.4, -0.2) is 16.2 Å². The van der Waals surface area contributed by atoms with Crippen molar-refractivity contribution >= 4 is 10.9 Å². The van der Waals surface area contributed by atoms with Gasteiger partial charge in [-0.2, -0.15) is 0 Å². The number of H-pyrrole nitrogens is 1. The Balaban J connectivity index is 0. The second-order valence-electron chi connectivity index (χ2n) is 7.28. The number of rotatable bonds is 6. The topological polar surface area (TPSA) is 36.0 Å². The van der Waals surface area contributed by atoms with Crippen LogP contribution < -0.4 is 0 Å². The second-order valence-corrected chi connectivity index (χ2v) is 7.28. The highest BCUT2D eigenvalue weighted by molar-refractivity contribution is 5.84. The van der Waals surface area contributed by atoms with Crippen molar-refractivity contribution in [1.29, 1.82) is 0 Å². The number of hydrogen-bond donors (Lipinski definition) is 2. The molecule has 0 saturated heterocycles. The third kappa shape index (κ3) is 9.74. The maximum Gasteiger partial charge on any atom is 0.0535 e. The minimum Gasteiger partial charge on any atom is -0.393 e. The van der Waals surface area contributed by atoms with Gasteiger partial charge in [-0.3, -0.25) is 0 Å². The monoisotopic (exact) mass is 427 g/mol. The fourth-order valence-electron chi connectivity index (χ4n) is 3.50. The Kier molecular flexibility index (Phi) is 17.7. The van der Waals surface area contributed by atoms with Crippen LogP contribution in [0.1, 0.15) is 91.6 Å². The van der Waals surface area contributed by atoms with Gasteiger partial charge in [0.15, 0.2) is 0 Å². The number of para-hydroxylation sites is 1. The van der Waals surface area contributed by atoms with Crippen molar-refractivity contribution in [3.63, 3.8) is 0 Å². The summed E-state index contributed by atoms with van der Waals surface area (Å²) in [7, 11) is 0. The smallest absolute Gasteiger partial charge is 0.0535 e. The molecular formula is C29H49NO. The quantitative estimate of drug-likeness (QED) is 0.406. The molecule has 1 aromatic heterocycles. The van der Waals surface area contributed by atoms with E-state index in [-0.39, 0.29) is 21.0 Å². The molecule has 0 atom stereocenters. The van der Waals surface area contributed by atoms with Gasteiger partial charge in [-0.15, -0.1) is 0 Å². The summed E-state index contributed by atoms with van der Waals surface area (Å²) in [5, 5.41) is 10.1. The maximum absolute atomic E-state index is 8.67. The van der Waals surface area contributed by atoms with Crippen molar-refractivity contribution in [2.24, 2.45) is 0 Å². The third-order valence-corrected chi connectivity index (χ3v) is 5.43. The summed E-state index contributed by atoms with van der Waals surface area (Å²) in [5.41, 5.74) is 7.13. The van der Waals surface area contributed by atoms with Crippen molar-refractivity contribution in [2.45, 2.75) is 101 Å². The van der Waals surface area contributed by atoms with Gasteiger partial charge in [0.25, 0.3) is 0 Å². The van der Waals surface area contributed by atoms with E-state index in [9.17, 15) is 0 Å². The molecule has 176 valence electrons. The number of benzene rings is 2. The number of aryl methyl sites for hydroxylation is 4. The molecule has 0 fully saturated rings. The van der Waals surface area contributed by atoms with Crippen molar-refractivity contribution in [3.8, 4) is 0 Å². The first-order chi connectivity index (χ1) is 14.1. The Morgan fingerprint density at radius 3 is 1.55 bits per heavy atom. The fourth-order valence-corrected chi connectivity index (χ4v) is 3.50. The molecule has 0 aliphatic rings. The van der Waals surface area contributed by atoms with E-state index < -0.39 is 0 Å². The van der Waals surface area contributed by atoms with Gasteiger partial charge in [-0.05, 0) is 61.3 Å². The van der Waals surface area contributed by atoms with E-state index in [0.717, 1.165) is 38.5 Å². The lowest BCUT2D eigenvalue weighted by Gasteiger charge is -2.02. The van der Waals surface area contributed by atoms with Gasteiger partial charge < -0.3 is 10.1 Å². The first-order valence-electron chi connectivity index (χ1n) is 11.4. The molecule has 3 rings (SSSR count). The number of fused-ring (bicyclic) bond motifs is 1. The molecule has 0 aliphatic heterocycles. The lowest BCUT2D eigenvalue weighted by atomic mass is 10.0. The van der Waals surface area contributed by atoms with Crippen LogP contribution in [0.2, 0.25) is 0 Å². The highest BCUT2D eigenvalue weighted by Crippen LogP contribution is 2.22. The molecular weight excluding hydrogens is 378 g/mol. The number of nitrogens with one attached hydrogen (secondary N) is 1. The maximum atomic E-state index is 8.67. The summed E-state index contributed by atoms with van der Waals surface area (Å²) < 4.78 is 0. The number of aromatic nitrogens is 1. The van der Waals surface area contributed by atoms with E-state index >= 15 is 0 Å². The first kappa shape index (κ1) is 31.1. The van der Waals surface area contributed by atoms with E-state index in [2.05, 4.69) is 81.2 Å². The van der Waals surface area contributed by atoms with Crippen LogP contribution in [0, 0.1) is 0 Å². The predicted molar refractivity (Wildman–Crippen MR) is 142 cm³/mol. The molecule has 0 aliphatic carbocycles. The number of aromatic amines is 1. The molecule has 2 aromatic carbocycles. The van der Waals surface area contributed by atoms with Gasteiger partial charge in [-0.25, -0.2) is 0 Å². The zero-order chi connectivity index (χ0) is 21.6. The van der Waals surface area contributed by atoms with Crippen LogP contribution in [0.25, 0.3) is 10.9 Å². The standard InChI is InChI=1S/C12H15N.C10H14.C5H12O.2CH4/c1-3-9-10-7-5-6-8-12(10)13-11(9)4-2;1-3-9-7-5-6-8-10(9)4-2;1-3-5(6)4-2;;/h5-8,13H,3-4H2,1-2H3;5-8H,3-4H2,1-2H3;5-6H,3-4H2,1-2H3;2*1H4. The van der Waals surface area contributed by atoms with E-state index in [4.69, 9.17) is 5.11 Å². The highest BCUT2D eigenvalue weighted by atomic mass is 16.3. The average molecular weight is 428 g/mol. The Bertz CT molecular complexity index is 791. The summed E-state index contributed by atoms with van der Waals surface area (Å²) in [4.78, 5) is 3.46. The lowest BCUT2D eigenvalue weighted by Crippen LogP contribution is -1.99. The SMILES string of the molecule is C.C.CCC(O)CC.CCc1[nH]c2ccccc2c1CC.CCc1ccccc1CC. The second kappa shape index (κ2) is 17.6. The van der Waals surface area contributed by atoms with Crippen LogP contribution >= 0.6 is 0 Å². The highest BCUT2D eigenvalue weighted by Gasteiger charge is 2.06. The Labute approximate surface area is 193 Å². The molecule has 2 nitrogen and oxygen atoms in total. The minimum absolute atomic E-state index is 0. The molecule has 0 bridgehead atoms. The molecule has 1 heterocycles. The zero-order valence-corrected chi connectivity index (χ0v) is 19.4. The average Bonchev–Trinajstić information content (AvgIpc) is 3.17. The molecule has 2 N–H and O–H groups in total. The van der Waals surface area contributed by atoms with E-state index in [1.807, 2.05) is 13.8 Å². The number of aliphatic hydroxyl groups excluding tert-OH is 1. The van der Waals surface area contributed by atoms with Gasteiger partial charge >= 0.3 is 0 Å². The van der Waals surface area contributed by atoms with Crippen LogP contribution in [0.4, 0.5) is 0 Å². The summed E-state index contributed by atoms with van der Waals surface area (Å²) in [6, 6.07) is 17.2. The van der Waals surface area contributed by atoms with Crippen LogP contribution in [0.3, 0.4) is 0 Å². The molecule has 0 spiro atoms. The van der Waals surface area contributed by atoms with Crippen molar-refractivity contribution in [3.05, 3.63) is 70.9 Å². The Morgan fingerprint density at radius 1 is 0.677 bits per heavy atom. The van der Waals surface area contributed by atoms with Crippen molar-refractivity contribution in [2.75, 3.05) is 0 Å². The molecule has 0 saturated carbocycles. The summed E-state index contributed by atoms with van der Waals surface area (Å²) in [6.45, 7) is 12.8. The normalized spacial score (nSPS) is 9.68. The van der Waals surface area contributed by atoms with Crippen LogP contribution in [0.5, 0.6) is 0 Å². The molecule has 0 amide bonds. The van der Waals surface area contributed by atoms with Gasteiger partial charge in [0.1, 0.15) is 0 Å². The molecule has 0 radical (unpaired) electrons. The van der Waals surface area contributed by atoms with Gasteiger partial charge in [0.05, 0.1) is 6.10 Å². The van der Waals surface area contributed by atoms with Crippen molar-refractivity contribution < 1.29 is 5.11 Å². The van der Waals surface area contributed by atoms with Crippen LogP contribution in [0.15, 0.2) is 48.5 Å². The summed E-state index contributed by atoms with van der Waals surface area (Å²) in [5.74, 6) is 0. The van der Waals surface area contributed by atoms with Gasteiger partial charge in [0.2, 0.25) is 0 Å². The number of aliphatic hydroxyl groups is 1. The van der Waals surface area contributed by atoms with E-state index in [0.29, 0.717) is 0 Å². The molecule has 0 unspecified atom stereocenters. The number of hydrogen-bond acceptors (Lipinski definition) is 1. The Hall–Kier alpha value is -2.06. The predicted octanol–water partition coefficient (Wildman–Crippen LogP) is 8.54. The molecule has 3 aromatic rings. The van der Waals surface area contributed by atoms with E-state index in [1.54, 1.807) is 0 Å². The van der Waals surface area contributed by atoms with Crippen molar-refractivity contribution in [1.82, 2.24) is 4.98 Å². The Morgan fingerprint density at radius 2 is 1.16 bits per heavy atom. The minimum atomic E-state index is -0.0648. The third-order valence-electron chi connectivity index (χ3n) is 5.43.